The van der Waals surface area contributed by atoms with Crippen LogP contribution in [-0.4, -0.2) is 24.0 Å². The molecule has 1 N–H and O–H groups in total. The minimum absolute atomic E-state index is 0.888. The highest BCUT2D eigenvalue weighted by Gasteiger charge is 2.21. The Morgan fingerprint density at radius 1 is 1.50 bits per heavy atom. The number of aromatic nitrogens is 2. The van der Waals surface area contributed by atoms with E-state index >= 15 is 0 Å². The van der Waals surface area contributed by atoms with Crippen molar-refractivity contribution in [2.45, 2.75) is 19.8 Å². The lowest BCUT2D eigenvalue weighted by atomic mass is 10.0. The normalized spacial score (nSPS) is 15.6. The number of nitrogens with zero attached hydrogens (tertiary/aromatic N) is 2. The van der Waals surface area contributed by atoms with Gasteiger partial charge in [0.15, 0.2) is 7.85 Å². The molecule has 1 aliphatic carbocycles. The summed E-state index contributed by atoms with van der Waals surface area (Å²) in [7, 11) is 2.09. The molecule has 0 aromatic carbocycles. The lowest BCUT2D eigenvalue weighted by Crippen LogP contribution is -2.14. The van der Waals surface area contributed by atoms with Crippen LogP contribution in [0.3, 0.4) is 0 Å². The maximum Gasteiger partial charge on any atom is 0.164 e. The lowest BCUT2D eigenvalue weighted by molar-refractivity contribution is 0.888. The molecule has 16 heavy (non-hydrogen) atoms. The zero-order valence-corrected chi connectivity index (χ0v) is 9.83. The number of hydrogen-bond donors (Lipinski definition) is 1. The molecule has 0 bridgehead atoms. The minimum Gasteiger partial charge on any atom is -0.381 e. The summed E-state index contributed by atoms with van der Waals surface area (Å²) in [6.07, 6.45) is 2.76. The second-order valence-corrected chi connectivity index (χ2v) is 4.75. The van der Waals surface area contributed by atoms with E-state index in [1.54, 1.807) is 0 Å². The number of nitrogens with one attached hydrogen (secondary N) is 1. The van der Waals surface area contributed by atoms with Crippen molar-refractivity contribution >= 4 is 24.6 Å². The number of rotatable bonds is 3. The first kappa shape index (κ1) is 9.76. The molecule has 3 nitrogen and oxygen atoms in total. The summed E-state index contributed by atoms with van der Waals surface area (Å²) < 4.78 is 2.02. The highest BCUT2D eigenvalue weighted by Crippen LogP contribution is 2.30. The topological polar surface area (TPSA) is 29.3 Å². The Bertz CT molecular complexity index is 528. The Labute approximate surface area is 96.3 Å². The van der Waals surface area contributed by atoms with Gasteiger partial charge >= 0.3 is 0 Å². The third kappa shape index (κ3) is 1.58. The highest BCUT2D eigenvalue weighted by atomic mass is 15.2. The van der Waals surface area contributed by atoms with Crippen molar-refractivity contribution in [3.63, 3.8) is 0 Å². The van der Waals surface area contributed by atoms with Crippen LogP contribution >= 0.6 is 0 Å². The van der Waals surface area contributed by atoms with Crippen molar-refractivity contribution in [2.75, 3.05) is 11.9 Å². The van der Waals surface area contributed by atoms with E-state index in [-0.39, 0.29) is 0 Å². The number of hydrogen-bond acceptors (Lipinski definition) is 2. The van der Waals surface area contributed by atoms with E-state index in [0.717, 1.165) is 18.2 Å². The third-order valence-corrected chi connectivity index (χ3v) is 3.29. The van der Waals surface area contributed by atoms with Crippen LogP contribution in [0.25, 0.3) is 5.52 Å². The Morgan fingerprint density at radius 2 is 2.31 bits per heavy atom. The van der Waals surface area contributed by atoms with Gasteiger partial charge in [-0.2, -0.15) is 5.10 Å². The fourth-order valence-electron chi connectivity index (χ4n) is 2.10. The van der Waals surface area contributed by atoms with Crippen LogP contribution < -0.4 is 10.9 Å². The Hall–Kier alpha value is -1.45. The standard InChI is InChI=1S/C12H16BN3/c1-8-12(14-7-9-5-6-9)10-3-2-4-11(13)16(10)15-8/h2-4,9,14H,5-7,13H2,1H3. The summed E-state index contributed by atoms with van der Waals surface area (Å²) >= 11 is 0. The van der Waals surface area contributed by atoms with Crippen LogP contribution in [0.2, 0.25) is 0 Å². The Morgan fingerprint density at radius 3 is 3.06 bits per heavy atom. The smallest absolute Gasteiger partial charge is 0.164 e. The average Bonchev–Trinajstić information content (AvgIpc) is 3.02. The molecule has 0 unspecified atom stereocenters. The molecule has 2 heterocycles. The van der Waals surface area contributed by atoms with Crippen LogP contribution in [0.1, 0.15) is 18.5 Å². The predicted molar refractivity (Wildman–Crippen MR) is 69.3 cm³/mol. The third-order valence-electron chi connectivity index (χ3n) is 3.29. The van der Waals surface area contributed by atoms with E-state index in [9.17, 15) is 0 Å². The number of fused-ring (bicyclic) bond motifs is 1. The molecule has 0 aliphatic heterocycles. The predicted octanol–water partition coefficient (Wildman–Crippen LogP) is 0.723. The molecule has 2 aromatic heterocycles. The van der Waals surface area contributed by atoms with Gasteiger partial charge in [0, 0.05) is 6.54 Å². The Balaban J connectivity index is 2.00. The van der Waals surface area contributed by atoms with Crippen molar-refractivity contribution in [1.82, 2.24) is 9.61 Å². The van der Waals surface area contributed by atoms with Crippen molar-refractivity contribution in [3.05, 3.63) is 23.9 Å². The summed E-state index contributed by atoms with van der Waals surface area (Å²) in [4.78, 5) is 0. The van der Waals surface area contributed by atoms with Crippen molar-refractivity contribution in [3.8, 4) is 0 Å². The molecule has 0 spiro atoms. The van der Waals surface area contributed by atoms with E-state index in [1.165, 1.54) is 29.6 Å². The lowest BCUT2D eigenvalue weighted by Gasteiger charge is -2.04. The van der Waals surface area contributed by atoms with Crippen LogP contribution in [0.4, 0.5) is 5.69 Å². The molecule has 1 aliphatic rings. The quantitative estimate of drug-likeness (QED) is 0.761. The van der Waals surface area contributed by atoms with Crippen LogP contribution in [0, 0.1) is 12.8 Å². The van der Waals surface area contributed by atoms with Crippen molar-refractivity contribution < 1.29 is 0 Å². The van der Waals surface area contributed by atoms with E-state index in [1.807, 2.05) is 4.52 Å². The monoisotopic (exact) mass is 213 g/mol. The zero-order valence-electron chi connectivity index (χ0n) is 9.83. The molecule has 82 valence electrons. The summed E-state index contributed by atoms with van der Waals surface area (Å²) in [5.41, 5.74) is 4.67. The first-order valence-electron chi connectivity index (χ1n) is 5.94. The van der Waals surface area contributed by atoms with Gasteiger partial charge in [-0.3, -0.25) is 0 Å². The van der Waals surface area contributed by atoms with Gasteiger partial charge in [0.2, 0.25) is 0 Å². The minimum atomic E-state index is 0.888. The van der Waals surface area contributed by atoms with Gasteiger partial charge < -0.3 is 5.32 Å². The molecule has 1 fully saturated rings. The highest BCUT2D eigenvalue weighted by molar-refractivity contribution is 6.31. The van der Waals surface area contributed by atoms with E-state index in [0.29, 0.717) is 0 Å². The second kappa shape index (κ2) is 3.54. The van der Waals surface area contributed by atoms with E-state index in [2.05, 4.69) is 43.4 Å². The second-order valence-electron chi connectivity index (χ2n) is 4.75. The van der Waals surface area contributed by atoms with Gasteiger partial charge in [0.1, 0.15) is 0 Å². The average molecular weight is 213 g/mol. The van der Waals surface area contributed by atoms with Crippen molar-refractivity contribution in [2.24, 2.45) is 5.92 Å². The maximum atomic E-state index is 4.57. The molecule has 1 saturated carbocycles. The summed E-state index contributed by atoms with van der Waals surface area (Å²) in [6.45, 7) is 3.16. The molecule has 0 amide bonds. The molecule has 0 atom stereocenters. The SMILES string of the molecule is Bc1cccc2c(NCC3CC3)c(C)nn12. The van der Waals surface area contributed by atoms with E-state index < -0.39 is 0 Å². The van der Waals surface area contributed by atoms with E-state index in [4.69, 9.17) is 0 Å². The summed E-state index contributed by atoms with van der Waals surface area (Å²) in [5, 5.41) is 8.11. The van der Waals surface area contributed by atoms with Gasteiger partial charge in [-0.15, -0.1) is 0 Å². The fourth-order valence-corrected chi connectivity index (χ4v) is 2.10. The molecular weight excluding hydrogens is 197 g/mol. The Kier molecular flexibility index (Phi) is 2.16. The molecule has 0 radical (unpaired) electrons. The molecular formula is C12H16BN3. The zero-order chi connectivity index (χ0) is 11.1. The van der Waals surface area contributed by atoms with Crippen LogP contribution in [0.5, 0.6) is 0 Å². The fraction of sp³-hybridized carbons (Fsp3) is 0.417. The summed E-state index contributed by atoms with van der Waals surface area (Å²) in [5.74, 6) is 0.888. The largest absolute Gasteiger partial charge is 0.381 e. The molecule has 2 aromatic rings. The maximum absolute atomic E-state index is 4.57. The number of aryl methyl sites for hydroxylation is 1. The molecule has 3 rings (SSSR count). The van der Waals surface area contributed by atoms with Crippen molar-refractivity contribution in [1.29, 1.82) is 0 Å². The molecule has 4 heteroatoms. The number of anilines is 1. The van der Waals surface area contributed by atoms with Gasteiger partial charge in [0.05, 0.1) is 16.9 Å². The van der Waals surface area contributed by atoms with Gasteiger partial charge in [0.25, 0.3) is 0 Å². The first-order chi connectivity index (χ1) is 7.75. The van der Waals surface area contributed by atoms with Gasteiger partial charge in [-0.05, 0) is 37.3 Å². The number of pyridine rings is 1. The van der Waals surface area contributed by atoms with Gasteiger partial charge in [-0.1, -0.05) is 12.1 Å². The first-order valence-corrected chi connectivity index (χ1v) is 5.94. The van der Waals surface area contributed by atoms with Crippen LogP contribution in [-0.2, 0) is 0 Å². The van der Waals surface area contributed by atoms with Crippen LogP contribution in [0.15, 0.2) is 18.2 Å². The van der Waals surface area contributed by atoms with Gasteiger partial charge in [-0.25, -0.2) is 4.52 Å². The summed E-state index contributed by atoms with van der Waals surface area (Å²) in [6, 6.07) is 6.31. The molecule has 0 saturated heterocycles.